The molecule has 0 spiro atoms. The van der Waals surface area contributed by atoms with Crippen LogP contribution in [0.1, 0.15) is 55.3 Å². The van der Waals surface area contributed by atoms with Crippen molar-refractivity contribution in [2.75, 3.05) is 13.1 Å². The smallest absolute Gasteiger partial charge is 0.272 e. The van der Waals surface area contributed by atoms with E-state index < -0.39 is 0 Å². The Morgan fingerprint density at radius 3 is 2.45 bits per heavy atom. The van der Waals surface area contributed by atoms with Crippen molar-refractivity contribution in [1.82, 2.24) is 24.7 Å². The summed E-state index contributed by atoms with van der Waals surface area (Å²) in [6, 6.07) is 3.49. The van der Waals surface area contributed by atoms with E-state index >= 15 is 0 Å². The van der Waals surface area contributed by atoms with Gasteiger partial charge < -0.3 is 14.3 Å². The molecule has 1 aliphatic rings. The van der Waals surface area contributed by atoms with Crippen molar-refractivity contribution < 1.29 is 14.1 Å². The highest BCUT2D eigenvalue weighted by Crippen LogP contribution is 2.21. The fourth-order valence-electron chi connectivity index (χ4n) is 3.92. The summed E-state index contributed by atoms with van der Waals surface area (Å²) in [7, 11) is 1.81. The zero-order valence-electron chi connectivity index (χ0n) is 18.2. The predicted molar refractivity (Wildman–Crippen MR) is 108 cm³/mol. The molecule has 0 bridgehead atoms. The number of piperazine rings is 1. The van der Waals surface area contributed by atoms with Gasteiger partial charge in [0.15, 0.2) is 0 Å². The first kappa shape index (κ1) is 21.1. The Morgan fingerprint density at radius 2 is 1.83 bits per heavy atom. The highest BCUT2D eigenvalue weighted by atomic mass is 16.5. The van der Waals surface area contributed by atoms with Gasteiger partial charge >= 0.3 is 0 Å². The molecule has 1 fully saturated rings. The van der Waals surface area contributed by atoms with Crippen molar-refractivity contribution in [1.29, 1.82) is 0 Å². The van der Waals surface area contributed by atoms with Gasteiger partial charge in [0.1, 0.15) is 11.5 Å². The molecule has 158 valence electrons. The minimum absolute atomic E-state index is 0.00708. The van der Waals surface area contributed by atoms with Gasteiger partial charge in [0.25, 0.3) is 5.91 Å². The molecule has 0 saturated carbocycles. The van der Waals surface area contributed by atoms with Gasteiger partial charge in [-0.2, -0.15) is 5.10 Å². The van der Waals surface area contributed by atoms with E-state index in [4.69, 9.17) is 4.52 Å². The summed E-state index contributed by atoms with van der Waals surface area (Å²) in [6.45, 7) is 11.1. The molecule has 2 aromatic rings. The van der Waals surface area contributed by atoms with Gasteiger partial charge in [0, 0.05) is 38.3 Å². The van der Waals surface area contributed by atoms with Crippen LogP contribution in [0.5, 0.6) is 0 Å². The normalized spacial score (nSPS) is 19.8. The minimum Gasteiger partial charge on any atom is -0.361 e. The molecule has 2 amide bonds. The number of aromatic nitrogens is 3. The monoisotopic (exact) mass is 401 g/mol. The van der Waals surface area contributed by atoms with E-state index in [-0.39, 0.29) is 30.3 Å². The van der Waals surface area contributed by atoms with Crippen LogP contribution in [0.15, 0.2) is 16.7 Å². The molecule has 8 nitrogen and oxygen atoms in total. The molecule has 1 saturated heterocycles. The molecule has 8 heteroatoms. The van der Waals surface area contributed by atoms with Crippen LogP contribution < -0.4 is 0 Å². The Kier molecular flexibility index (Phi) is 6.10. The Morgan fingerprint density at radius 1 is 1.17 bits per heavy atom. The molecule has 0 aromatic carbocycles. The first-order chi connectivity index (χ1) is 13.7. The van der Waals surface area contributed by atoms with Gasteiger partial charge in [-0.1, -0.05) is 19.0 Å². The molecular formula is C21H31N5O3. The molecule has 29 heavy (non-hydrogen) atoms. The second-order valence-corrected chi connectivity index (χ2v) is 8.42. The Bertz CT molecular complexity index is 885. The van der Waals surface area contributed by atoms with Gasteiger partial charge in [-0.15, -0.1) is 0 Å². The van der Waals surface area contributed by atoms with Crippen LogP contribution in [0.3, 0.4) is 0 Å². The van der Waals surface area contributed by atoms with Crippen LogP contribution >= 0.6 is 0 Å². The Balaban J connectivity index is 1.68. The summed E-state index contributed by atoms with van der Waals surface area (Å²) in [4.78, 5) is 29.6. The summed E-state index contributed by atoms with van der Waals surface area (Å²) in [5, 5.41) is 8.33. The molecule has 0 N–H and O–H groups in total. The standard InChI is InChI=1S/C21H31N5O3/c1-13(2)9-17-11-19(24(6)22-17)21(28)26-8-7-25(15(4)16(26)5)20(27)12-18-10-14(3)23-29-18/h10-11,13,15-16H,7-9,12H2,1-6H3/t15-,16-/m1/s1. The lowest BCUT2D eigenvalue weighted by atomic mass is 10.0. The van der Waals surface area contributed by atoms with Gasteiger partial charge in [0.05, 0.1) is 17.8 Å². The van der Waals surface area contributed by atoms with Crippen LogP contribution in [-0.4, -0.2) is 61.7 Å². The largest absolute Gasteiger partial charge is 0.361 e. The van der Waals surface area contributed by atoms with Gasteiger partial charge in [-0.25, -0.2) is 0 Å². The number of amides is 2. The van der Waals surface area contributed by atoms with E-state index in [2.05, 4.69) is 24.1 Å². The molecule has 3 heterocycles. The van der Waals surface area contributed by atoms with E-state index in [0.29, 0.717) is 30.5 Å². The summed E-state index contributed by atoms with van der Waals surface area (Å²) in [6.07, 6.45) is 1.03. The number of hydrogen-bond acceptors (Lipinski definition) is 5. The van der Waals surface area contributed by atoms with E-state index in [1.165, 1.54) is 0 Å². The summed E-state index contributed by atoms with van der Waals surface area (Å²) < 4.78 is 6.84. The predicted octanol–water partition coefficient (Wildman–Crippen LogP) is 2.22. The number of aryl methyl sites for hydroxylation is 2. The Labute approximate surface area is 171 Å². The van der Waals surface area contributed by atoms with E-state index in [9.17, 15) is 9.59 Å². The Hall–Kier alpha value is -2.64. The van der Waals surface area contributed by atoms with Gasteiger partial charge in [0.2, 0.25) is 5.91 Å². The summed E-state index contributed by atoms with van der Waals surface area (Å²) >= 11 is 0. The average Bonchev–Trinajstić information content (AvgIpc) is 3.21. The van der Waals surface area contributed by atoms with Crippen molar-refractivity contribution in [2.45, 2.75) is 59.5 Å². The average molecular weight is 402 g/mol. The third-order valence-electron chi connectivity index (χ3n) is 5.61. The highest BCUT2D eigenvalue weighted by molar-refractivity contribution is 5.93. The van der Waals surface area contributed by atoms with Crippen LogP contribution in [0.25, 0.3) is 0 Å². The van der Waals surface area contributed by atoms with Crippen LogP contribution in [-0.2, 0) is 24.7 Å². The zero-order valence-corrected chi connectivity index (χ0v) is 18.2. The summed E-state index contributed by atoms with van der Waals surface area (Å²) in [5.41, 5.74) is 2.29. The van der Waals surface area contributed by atoms with E-state index in [1.807, 2.05) is 43.7 Å². The molecule has 3 rings (SSSR count). The number of carbonyl (C=O) groups excluding carboxylic acids is 2. The first-order valence-corrected chi connectivity index (χ1v) is 10.2. The van der Waals surface area contributed by atoms with Crippen LogP contribution in [0, 0.1) is 12.8 Å². The second kappa shape index (κ2) is 8.39. The lowest BCUT2D eigenvalue weighted by Gasteiger charge is -2.44. The maximum atomic E-state index is 13.2. The molecular weight excluding hydrogens is 370 g/mol. The number of hydrogen-bond donors (Lipinski definition) is 0. The lowest BCUT2D eigenvalue weighted by molar-refractivity contribution is -0.136. The molecule has 1 aliphatic heterocycles. The van der Waals surface area contributed by atoms with Crippen molar-refractivity contribution in [3.8, 4) is 0 Å². The van der Waals surface area contributed by atoms with Crippen molar-refractivity contribution in [3.05, 3.63) is 35.0 Å². The van der Waals surface area contributed by atoms with Crippen LogP contribution in [0.4, 0.5) is 0 Å². The third-order valence-corrected chi connectivity index (χ3v) is 5.61. The molecule has 2 atom stereocenters. The van der Waals surface area contributed by atoms with Gasteiger partial charge in [-0.05, 0) is 39.2 Å². The maximum absolute atomic E-state index is 13.2. The van der Waals surface area contributed by atoms with E-state index in [1.54, 1.807) is 10.7 Å². The highest BCUT2D eigenvalue weighted by Gasteiger charge is 2.37. The van der Waals surface area contributed by atoms with Gasteiger partial charge in [-0.3, -0.25) is 14.3 Å². The number of carbonyl (C=O) groups is 2. The quantitative estimate of drug-likeness (QED) is 0.767. The third kappa shape index (κ3) is 4.52. The number of nitrogens with zero attached hydrogens (tertiary/aromatic N) is 5. The molecule has 0 unspecified atom stereocenters. The topological polar surface area (TPSA) is 84.5 Å². The lowest BCUT2D eigenvalue weighted by Crippen LogP contribution is -2.60. The molecule has 2 aromatic heterocycles. The first-order valence-electron chi connectivity index (χ1n) is 10.2. The SMILES string of the molecule is Cc1cc(CC(=O)N2CCN(C(=O)c3cc(CC(C)C)nn3C)[C@H](C)[C@H]2C)on1. The zero-order chi connectivity index (χ0) is 21.3. The van der Waals surface area contributed by atoms with Crippen molar-refractivity contribution in [2.24, 2.45) is 13.0 Å². The maximum Gasteiger partial charge on any atom is 0.272 e. The minimum atomic E-state index is -0.0971. The fourth-order valence-corrected chi connectivity index (χ4v) is 3.92. The number of rotatable bonds is 5. The van der Waals surface area contributed by atoms with Crippen molar-refractivity contribution in [3.63, 3.8) is 0 Å². The van der Waals surface area contributed by atoms with Crippen LogP contribution in [0.2, 0.25) is 0 Å². The fraction of sp³-hybridized carbons (Fsp3) is 0.619. The van der Waals surface area contributed by atoms with E-state index in [0.717, 1.165) is 17.8 Å². The molecule has 0 radical (unpaired) electrons. The second-order valence-electron chi connectivity index (χ2n) is 8.42. The summed E-state index contributed by atoms with van der Waals surface area (Å²) in [5.74, 6) is 1.01. The molecule has 0 aliphatic carbocycles. The van der Waals surface area contributed by atoms with Crippen molar-refractivity contribution >= 4 is 11.8 Å².